The molecule has 5 heteroatoms. The van der Waals surface area contributed by atoms with Gasteiger partial charge in [-0.2, -0.15) is 0 Å². The smallest absolute Gasteiger partial charge is 0.320 e. The third-order valence-electron chi connectivity index (χ3n) is 5.52. The van der Waals surface area contributed by atoms with Crippen molar-refractivity contribution in [1.82, 2.24) is 9.80 Å². The Morgan fingerprint density at radius 3 is 2.19 bits per heavy atom. The number of rotatable bonds is 2. The standard InChI is InChI=1S/C16H28N2O3/c1-11(2)16(14(19)20)8-9-17(10-16)15(21)18-12(3)6-5-7-13(18)4/h11-13H,5-10H2,1-4H3,(H,19,20). The summed E-state index contributed by atoms with van der Waals surface area (Å²) < 4.78 is 0. The molecule has 0 bridgehead atoms. The van der Waals surface area contributed by atoms with Crippen LogP contribution in [0.25, 0.3) is 0 Å². The number of carbonyl (C=O) groups excluding carboxylic acids is 1. The minimum absolute atomic E-state index is 0.0264. The lowest BCUT2D eigenvalue weighted by Gasteiger charge is -2.41. The molecule has 120 valence electrons. The lowest BCUT2D eigenvalue weighted by molar-refractivity contribution is -0.150. The van der Waals surface area contributed by atoms with Crippen LogP contribution in [0.2, 0.25) is 0 Å². The summed E-state index contributed by atoms with van der Waals surface area (Å²) in [5.74, 6) is -0.739. The van der Waals surface area contributed by atoms with Gasteiger partial charge in [-0.1, -0.05) is 13.8 Å². The Bertz CT molecular complexity index is 414. The van der Waals surface area contributed by atoms with Crippen LogP contribution in [0.4, 0.5) is 4.79 Å². The second-order valence-electron chi connectivity index (χ2n) is 7.11. The summed E-state index contributed by atoms with van der Waals surface area (Å²) in [6, 6.07) is 0.527. The molecule has 2 aliphatic heterocycles. The first-order valence-electron chi connectivity index (χ1n) is 8.10. The highest BCUT2D eigenvalue weighted by atomic mass is 16.4. The van der Waals surface area contributed by atoms with Crippen LogP contribution in [-0.2, 0) is 4.79 Å². The number of carboxylic acid groups (broad SMARTS) is 1. The molecule has 0 aromatic heterocycles. The molecule has 2 amide bonds. The van der Waals surface area contributed by atoms with E-state index < -0.39 is 11.4 Å². The van der Waals surface area contributed by atoms with E-state index in [2.05, 4.69) is 13.8 Å². The predicted molar refractivity (Wildman–Crippen MR) is 81.1 cm³/mol. The minimum Gasteiger partial charge on any atom is -0.481 e. The summed E-state index contributed by atoms with van der Waals surface area (Å²) in [4.78, 5) is 28.2. The van der Waals surface area contributed by atoms with Crippen molar-refractivity contribution in [3.05, 3.63) is 0 Å². The molecule has 21 heavy (non-hydrogen) atoms. The van der Waals surface area contributed by atoms with E-state index in [1.165, 1.54) is 0 Å². The van der Waals surface area contributed by atoms with Gasteiger partial charge in [0.05, 0.1) is 5.41 Å². The van der Waals surface area contributed by atoms with Crippen LogP contribution in [0, 0.1) is 11.3 Å². The van der Waals surface area contributed by atoms with Crippen LogP contribution in [-0.4, -0.2) is 52.1 Å². The van der Waals surface area contributed by atoms with Gasteiger partial charge in [0.1, 0.15) is 0 Å². The molecule has 0 aliphatic carbocycles. The Morgan fingerprint density at radius 2 is 1.76 bits per heavy atom. The SMILES string of the molecule is CC1CCCC(C)N1C(=O)N1CCC(C(=O)O)(C(C)C)C1. The molecule has 0 aromatic carbocycles. The largest absolute Gasteiger partial charge is 0.481 e. The van der Waals surface area contributed by atoms with Crippen molar-refractivity contribution in [2.45, 2.75) is 65.5 Å². The van der Waals surface area contributed by atoms with Crippen LogP contribution < -0.4 is 0 Å². The number of likely N-dealkylation sites (tertiary alicyclic amines) is 2. The van der Waals surface area contributed by atoms with Gasteiger partial charge in [-0.15, -0.1) is 0 Å². The van der Waals surface area contributed by atoms with Crippen molar-refractivity contribution in [2.24, 2.45) is 11.3 Å². The molecule has 2 aliphatic rings. The zero-order chi connectivity index (χ0) is 15.8. The van der Waals surface area contributed by atoms with Gasteiger partial charge in [0.25, 0.3) is 0 Å². The molecule has 3 atom stereocenters. The zero-order valence-corrected chi connectivity index (χ0v) is 13.6. The summed E-state index contributed by atoms with van der Waals surface area (Å²) in [5.41, 5.74) is -0.780. The Hall–Kier alpha value is -1.26. The van der Waals surface area contributed by atoms with E-state index in [1.807, 2.05) is 18.7 Å². The zero-order valence-electron chi connectivity index (χ0n) is 13.6. The highest BCUT2D eigenvalue weighted by Crippen LogP contribution is 2.39. The number of nitrogens with zero attached hydrogens (tertiary/aromatic N) is 2. The lowest BCUT2D eigenvalue weighted by atomic mass is 9.76. The van der Waals surface area contributed by atoms with E-state index in [0.717, 1.165) is 19.3 Å². The topological polar surface area (TPSA) is 60.9 Å². The van der Waals surface area contributed by atoms with Gasteiger partial charge in [0.15, 0.2) is 0 Å². The maximum atomic E-state index is 12.8. The number of amides is 2. The van der Waals surface area contributed by atoms with Crippen LogP contribution in [0.15, 0.2) is 0 Å². The second-order valence-corrected chi connectivity index (χ2v) is 7.11. The second kappa shape index (κ2) is 5.85. The number of piperidine rings is 1. The summed E-state index contributed by atoms with van der Waals surface area (Å²) >= 11 is 0. The van der Waals surface area contributed by atoms with Gasteiger partial charge in [0.2, 0.25) is 0 Å². The fourth-order valence-electron chi connectivity index (χ4n) is 3.85. The highest BCUT2D eigenvalue weighted by molar-refractivity contribution is 5.80. The first kappa shape index (κ1) is 16.1. The fraction of sp³-hybridized carbons (Fsp3) is 0.875. The van der Waals surface area contributed by atoms with Crippen molar-refractivity contribution in [2.75, 3.05) is 13.1 Å². The van der Waals surface area contributed by atoms with E-state index in [1.54, 1.807) is 4.90 Å². The molecule has 0 aromatic rings. The van der Waals surface area contributed by atoms with Crippen LogP contribution in [0.3, 0.4) is 0 Å². The summed E-state index contributed by atoms with van der Waals surface area (Å²) in [5, 5.41) is 9.60. The summed E-state index contributed by atoms with van der Waals surface area (Å²) in [6.45, 7) is 8.96. The number of carboxylic acids is 1. The quantitative estimate of drug-likeness (QED) is 0.852. The summed E-state index contributed by atoms with van der Waals surface area (Å²) in [7, 11) is 0. The van der Waals surface area contributed by atoms with Crippen molar-refractivity contribution < 1.29 is 14.7 Å². The molecule has 2 rings (SSSR count). The van der Waals surface area contributed by atoms with E-state index in [4.69, 9.17) is 0 Å². The first-order valence-corrected chi connectivity index (χ1v) is 8.10. The third-order valence-corrected chi connectivity index (χ3v) is 5.52. The number of aliphatic carboxylic acids is 1. The van der Waals surface area contributed by atoms with Crippen molar-refractivity contribution in [3.63, 3.8) is 0 Å². The molecular formula is C16H28N2O3. The molecule has 0 radical (unpaired) electrons. The normalized spacial score (nSPS) is 33.6. The molecular weight excluding hydrogens is 268 g/mol. The minimum atomic E-state index is -0.780. The molecule has 2 saturated heterocycles. The monoisotopic (exact) mass is 296 g/mol. The average molecular weight is 296 g/mol. The highest BCUT2D eigenvalue weighted by Gasteiger charge is 2.49. The van der Waals surface area contributed by atoms with Crippen molar-refractivity contribution in [1.29, 1.82) is 0 Å². The number of hydrogen-bond acceptors (Lipinski definition) is 2. The van der Waals surface area contributed by atoms with Crippen LogP contribution in [0.5, 0.6) is 0 Å². The Morgan fingerprint density at radius 1 is 1.19 bits per heavy atom. The van der Waals surface area contributed by atoms with Crippen LogP contribution in [0.1, 0.15) is 53.4 Å². The molecule has 1 N–H and O–H groups in total. The molecule has 2 heterocycles. The van der Waals surface area contributed by atoms with Gasteiger partial charge in [-0.25, -0.2) is 4.79 Å². The number of hydrogen-bond donors (Lipinski definition) is 1. The Kier molecular flexibility index (Phi) is 4.49. The maximum Gasteiger partial charge on any atom is 0.320 e. The van der Waals surface area contributed by atoms with E-state index in [-0.39, 0.29) is 24.0 Å². The molecule has 3 unspecified atom stereocenters. The Balaban J connectivity index is 2.13. The molecule has 0 spiro atoms. The Labute approximate surface area is 127 Å². The van der Waals surface area contributed by atoms with E-state index in [9.17, 15) is 14.7 Å². The van der Waals surface area contributed by atoms with Gasteiger partial charge in [-0.05, 0) is 45.4 Å². The fourth-order valence-corrected chi connectivity index (χ4v) is 3.85. The van der Waals surface area contributed by atoms with Crippen molar-refractivity contribution in [3.8, 4) is 0 Å². The van der Waals surface area contributed by atoms with Gasteiger partial charge in [-0.3, -0.25) is 4.79 Å². The predicted octanol–water partition coefficient (Wildman–Crippen LogP) is 2.80. The average Bonchev–Trinajstić information content (AvgIpc) is 2.84. The molecule has 5 nitrogen and oxygen atoms in total. The van der Waals surface area contributed by atoms with Crippen molar-refractivity contribution >= 4 is 12.0 Å². The molecule has 0 saturated carbocycles. The van der Waals surface area contributed by atoms with Gasteiger partial charge < -0.3 is 14.9 Å². The number of carbonyl (C=O) groups is 2. The first-order chi connectivity index (χ1) is 9.79. The van der Waals surface area contributed by atoms with Crippen LogP contribution >= 0.6 is 0 Å². The maximum absolute atomic E-state index is 12.8. The summed E-state index contributed by atoms with van der Waals surface area (Å²) in [6.07, 6.45) is 3.80. The third kappa shape index (κ3) is 2.74. The molecule has 2 fully saturated rings. The van der Waals surface area contributed by atoms with E-state index >= 15 is 0 Å². The van der Waals surface area contributed by atoms with Gasteiger partial charge in [0, 0.05) is 25.2 Å². The van der Waals surface area contributed by atoms with Gasteiger partial charge >= 0.3 is 12.0 Å². The van der Waals surface area contributed by atoms with E-state index in [0.29, 0.717) is 19.5 Å². The lowest BCUT2D eigenvalue weighted by Crippen LogP contribution is -2.53. The number of urea groups is 1.